The predicted octanol–water partition coefficient (Wildman–Crippen LogP) is 3.73. The zero-order valence-corrected chi connectivity index (χ0v) is 14.9. The Hall–Kier alpha value is -2.95. The summed E-state index contributed by atoms with van der Waals surface area (Å²) in [6, 6.07) is 16.6. The topological polar surface area (TPSA) is 51.0 Å². The van der Waals surface area contributed by atoms with Gasteiger partial charge in [-0.05, 0) is 43.0 Å². The van der Waals surface area contributed by atoms with Crippen LogP contribution in [0.2, 0.25) is 0 Å². The van der Waals surface area contributed by atoms with Crippen LogP contribution in [-0.2, 0) is 0 Å². The summed E-state index contributed by atoms with van der Waals surface area (Å²) in [5, 5.41) is 8.43. The molecule has 4 rings (SSSR count). The number of amides is 1. The molecule has 1 aromatic heterocycles. The van der Waals surface area contributed by atoms with E-state index in [1.807, 2.05) is 29.2 Å². The Morgan fingerprint density at radius 1 is 0.885 bits per heavy atom. The zero-order valence-electron chi connectivity index (χ0n) is 14.9. The summed E-state index contributed by atoms with van der Waals surface area (Å²) in [7, 11) is 0. The number of piperidine rings is 1. The van der Waals surface area contributed by atoms with E-state index in [0.717, 1.165) is 37.1 Å². The molecule has 0 saturated carbocycles. The highest BCUT2D eigenvalue weighted by atomic mass is 16.2. The second kappa shape index (κ2) is 7.12. The molecule has 26 heavy (non-hydrogen) atoms. The van der Waals surface area contributed by atoms with Gasteiger partial charge in [0.25, 0.3) is 5.91 Å². The maximum absolute atomic E-state index is 12.8. The van der Waals surface area contributed by atoms with Gasteiger partial charge in [-0.15, -0.1) is 0 Å². The van der Waals surface area contributed by atoms with Gasteiger partial charge in [0.1, 0.15) is 0 Å². The zero-order chi connectivity index (χ0) is 17.9. The predicted molar refractivity (Wildman–Crippen MR) is 101 cm³/mol. The van der Waals surface area contributed by atoms with Crippen molar-refractivity contribution in [1.29, 1.82) is 0 Å². The molecule has 5 nitrogen and oxygen atoms in total. The molecule has 0 unspecified atom stereocenters. The van der Waals surface area contributed by atoms with Crippen LogP contribution < -0.4 is 0 Å². The number of hydrogen-bond acceptors (Lipinski definition) is 3. The van der Waals surface area contributed by atoms with Crippen molar-refractivity contribution in [3.05, 3.63) is 72.1 Å². The minimum Gasteiger partial charge on any atom is -0.338 e. The van der Waals surface area contributed by atoms with Crippen LogP contribution in [0.4, 0.5) is 0 Å². The van der Waals surface area contributed by atoms with Crippen LogP contribution in [0.15, 0.2) is 60.9 Å². The summed E-state index contributed by atoms with van der Waals surface area (Å²) in [5.41, 5.74) is 4.29. The Labute approximate surface area is 153 Å². The molecule has 3 aromatic rings. The fourth-order valence-electron chi connectivity index (χ4n) is 3.45. The monoisotopic (exact) mass is 346 g/mol. The van der Waals surface area contributed by atoms with Gasteiger partial charge in [0.05, 0.1) is 18.4 Å². The highest BCUT2D eigenvalue weighted by Crippen LogP contribution is 2.24. The Balaban J connectivity index is 1.41. The third kappa shape index (κ3) is 3.38. The summed E-state index contributed by atoms with van der Waals surface area (Å²) in [6.07, 6.45) is 5.18. The number of aromatic nitrogens is 3. The number of hydrogen-bond donors (Lipinski definition) is 0. The lowest BCUT2D eigenvalue weighted by Gasteiger charge is -2.31. The first kappa shape index (κ1) is 16.5. The number of benzene rings is 2. The van der Waals surface area contributed by atoms with Crippen molar-refractivity contribution in [2.75, 3.05) is 13.1 Å². The Kier molecular flexibility index (Phi) is 4.52. The Bertz CT molecular complexity index is 861. The third-order valence-corrected chi connectivity index (χ3v) is 5.03. The maximum atomic E-state index is 12.8. The normalized spacial score (nSPS) is 15.2. The molecule has 1 fully saturated rings. The third-order valence-electron chi connectivity index (χ3n) is 5.03. The summed E-state index contributed by atoms with van der Waals surface area (Å²) in [4.78, 5) is 16.5. The van der Waals surface area contributed by atoms with E-state index in [9.17, 15) is 4.79 Å². The average molecular weight is 346 g/mol. The Morgan fingerprint density at radius 3 is 2.00 bits per heavy atom. The van der Waals surface area contributed by atoms with Gasteiger partial charge in [-0.3, -0.25) is 4.79 Å². The molecule has 0 aliphatic carbocycles. The van der Waals surface area contributed by atoms with Gasteiger partial charge in [-0.2, -0.15) is 15.0 Å². The van der Waals surface area contributed by atoms with Crippen molar-refractivity contribution in [1.82, 2.24) is 19.9 Å². The smallest absolute Gasteiger partial charge is 0.253 e. The number of rotatable bonds is 3. The summed E-state index contributed by atoms with van der Waals surface area (Å²) in [5.74, 6) is 0.104. The van der Waals surface area contributed by atoms with Gasteiger partial charge >= 0.3 is 0 Å². The molecular formula is C21H22N4O. The molecule has 1 aliphatic rings. The van der Waals surface area contributed by atoms with Gasteiger partial charge in [-0.1, -0.05) is 42.0 Å². The lowest BCUT2D eigenvalue weighted by molar-refractivity contribution is 0.0684. The van der Waals surface area contributed by atoms with E-state index >= 15 is 0 Å². The summed E-state index contributed by atoms with van der Waals surface area (Å²) < 4.78 is 0. The van der Waals surface area contributed by atoms with Gasteiger partial charge in [-0.25, -0.2) is 0 Å². The van der Waals surface area contributed by atoms with Crippen molar-refractivity contribution >= 4 is 5.91 Å². The SMILES string of the molecule is Cc1ccc(-c2ccc(C(=O)N3CCC(n4nccn4)CC3)cc2)cc1. The number of likely N-dealkylation sites (tertiary alicyclic amines) is 1. The first-order chi connectivity index (χ1) is 12.7. The average Bonchev–Trinajstić information content (AvgIpc) is 3.23. The van der Waals surface area contributed by atoms with Crippen LogP contribution >= 0.6 is 0 Å². The molecule has 1 saturated heterocycles. The van der Waals surface area contributed by atoms with Crippen LogP contribution in [0.1, 0.15) is 34.8 Å². The van der Waals surface area contributed by atoms with E-state index in [0.29, 0.717) is 0 Å². The number of aryl methyl sites for hydroxylation is 1. The molecule has 0 radical (unpaired) electrons. The van der Waals surface area contributed by atoms with Gasteiger partial charge in [0.2, 0.25) is 0 Å². The van der Waals surface area contributed by atoms with Gasteiger partial charge < -0.3 is 4.90 Å². The van der Waals surface area contributed by atoms with Crippen LogP contribution in [0.3, 0.4) is 0 Å². The van der Waals surface area contributed by atoms with Crippen LogP contribution in [0, 0.1) is 6.92 Å². The van der Waals surface area contributed by atoms with Gasteiger partial charge in [0.15, 0.2) is 0 Å². The summed E-state index contributed by atoms with van der Waals surface area (Å²) in [6.45, 7) is 3.56. The molecule has 2 heterocycles. The minimum absolute atomic E-state index is 0.104. The van der Waals surface area contributed by atoms with Crippen LogP contribution in [0.5, 0.6) is 0 Å². The van der Waals surface area contributed by atoms with Crippen molar-refractivity contribution in [2.24, 2.45) is 0 Å². The lowest BCUT2D eigenvalue weighted by atomic mass is 10.0. The molecule has 5 heteroatoms. The molecule has 1 aliphatic heterocycles. The van der Waals surface area contributed by atoms with Crippen molar-refractivity contribution in [2.45, 2.75) is 25.8 Å². The molecule has 0 N–H and O–H groups in total. The van der Waals surface area contributed by atoms with E-state index in [1.165, 1.54) is 11.1 Å². The Morgan fingerprint density at radius 2 is 1.42 bits per heavy atom. The molecule has 1 amide bonds. The van der Waals surface area contributed by atoms with Crippen molar-refractivity contribution in [3.63, 3.8) is 0 Å². The first-order valence-electron chi connectivity index (χ1n) is 9.03. The number of carbonyl (C=O) groups excluding carboxylic acids is 1. The number of carbonyl (C=O) groups is 1. The van der Waals surface area contributed by atoms with Crippen LogP contribution in [-0.4, -0.2) is 38.9 Å². The largest absolute Gasteiger partial charge is 0.338 e. The molecule has 2 aromatic carbocycles. The number of nitrogens with zero attached hydrogens (tertiary/aromatic N) is 4. The van der Waals surface area contributed by atoms with E-state index in [1.54, 1.807) is 17.2 Å². The van der Waals surface area contributed by atoms with Crippen LogP contribution in [0.25, 0.3) is 11.1 Å². The lowest BCUT2D eigenvalue weighted by Crippen LogP contribution is -2.39. The fraction of sp³-hybridized carbons (Fsp3) is 0.286. The highest BCUT2D eigenvalue weighted by molar-refractivity contribution is 5.94. The van der Waals surface area contributed by atoms with E-state index in [-0.39, 0.29) is 11.9 Å². The maximum Gasteiger partial charge on any atom is 0.253 e. The first-order valence-corrected chi connectivity index (χ1v) is 9.03. The quantitative estimate of drug-likeness (QED) is 0.726. The fourth-order valence-corrected chi connectivity index (χ4v) is 3.45. The molecular weight excluding hydrogens is 324 g/mol. The second-order valence-corrected chi connectivity index (χ2v) is 6.82. The molecule has 0 atom stereocenters. The molecule has 0 spiro atoms. The van der Waals surface area contributed by atoms with E-state index in [2.05, 4.69) is 41.4 Å². The highest BCUT2D eigenvalue weighted by Gasteiger charge is 2.25. The molecule has 0 bridgehead atoms. The van der Waals surface area contributed by atoms with Crippen molar-refractivity contribution < 1.29 is 4.79 Å². The molecule has 132 valence electrons. The standard InChI is InChI=1S/C21H22N4O/c1-16-2-4-17(5-3-16)18-6-8-19(9-7-18)21(26)24-14-10-20(11-15-24)25-22-12-13-23-25/h2-9,12-13,20H,10-11,14-15H2,1H3. The summed E-state index contributed by atoms with van der Waals surface area (Å²) >= 11 is 0. The van der Waals surface area contributed by atoms with E-state index < -0.39 is 0 Å². The van der Waals surface area contributed by atoms with Gasteiger partial charge in [0, 0.05) is 18.7 Å². The second-order valence-electron chi connectivity index (χ2n) is 6.82. The minimum atomic E-state index is 0.104. The van der Waals surface area contributed by atoms with E-state index in [4.69, 9.17) is 0 Å². The van der Waals surface area contributed by atoms with Crippen molar-refractivity contribution in [3.8, 4) is 11.1 Å².